The van der Waals surface area contributed by atoms with Gasteiger partial charge < -0.3 is 14.7 Å². The van der Waals surface area contributed by atoms with E-state index in [-0.39, 0.29) is 0 Å². The van der Waals surface area contributed by atoms with Crippen LogP contribution in [-0.4, -0.2) is 69.3 Å². The van der Waals surface area contributed by atoms with E-state index in [1.54, 1.807) is 0 Å². The minimum Gasteiger partial charge on any atom is -0.372 e. The number of anilines is 13. The monoisotopic (exact) mass is 1930 g/mol. The van der Waals surface area contributed by atoms with Crippen LogP contribution >= 0.6 is 0 Å². The molecular formula is C133H153N13. The zero-order valence-electron chi connectivity index (χ0n) is 89.8. The highest BCUT2D eigenvalue weighted by Crippen LogP contribution is 2.38. The van der Waals surface area contributed by atoms with Crippen molar-refractivity contribution < 1.29 is 0 Å². The van der Waals surface area contributed by atoms with Gasteiger partial charge in [0.2, 0.25) is 0 Å². The van der Waals surface area contributed by atoms with Gasteiger partial charge in [0.1, 0.15) is 0 Å². The third-order valence-corrected chi connectivity index (χ3v) is 26.8. The SMILES string of the molecule is CCc1ccc(N(/N=C(\C)c2ccc(N(CC)CC)cc2)c2ccc(CC)cc2)cc1.CCc1ccc(N(/N=C(\C)c2ccccc2)c2ccc(CC)cc2)cc1.CCc1ccc(N(/N=C/c2ccc(N(CC)CC)cc2)c2ccc(CC)c3ccccc23)cc1.CCc1ccc(N(/N=C/c2ccc(N(CC)CC)cc2)c2ccc(CC)cc2)cc1.CCc1ccc(N(/N=C/c2ccccc2)c2ccc(CC)cc2)cc1. The average Bonchev–Trinajstić information content (AvgIpc) is 0.776. The number of hydrogen-bond donors (Lipinski definition) is 0. The zero-order chi connectivity index (χ0) is 103. The molecule has 16 aromatic rings. The van der Waals surface area contributed by atoms with E-state index in [0.717, 1.165) is 200 Å². The van der Waals surface area contributed by atoms with Crippen molar-refractivity contribution in [1.29, 1.82) is 0 Å². The van der Waals surface area contributed by atoms with E-state index >= 15 is 0 Å². The number of rotatable bonds is 39. The molecule has 750 valence electrons. The topological polar surface area (TPSA) is 87.7 Å². The van der Waals surface area contributed by atoms with E-state index in [1.165, 1.54) is 83.5 Å². The second-order valence-electron chi connectivity index (χ2n) is 36.0. The Morgan fingerprint density at radius 1 is 0.185 bits per heavy atom. The number of fused-ring (bicyclic) bond motifs is 1. The minimum absolute atomic E-state index is 0.990. The Morgan fingerprint density at radius 2 is 0.397 bits per heavy atom. The molecule has 0 radical (unpaired) electrons. The molecule has 0 aromatic heterocycles. The Hall–Kier alpha value is -15.5. The van der Waals surface area contributed by atoms with Gasteiger partial charge >= 0.3 is 0 Å². The highest BCUT2D eigenvalue weighted by atomic mass is 15.5. The quantitative estimate of drug-likeness (QED) is 0.0278. The van der Waals surface area contributed by atoms with Gasteiger partial charge in [-0.1, -0.05) is 306 Å². The molecular weight excluding hydrogens is 1780 g/mol. The maximum atomic E-state index is 5.05. The van der Waals surface area contributed by atoms with Crippen molar-refractivity contribution in [3.05, 3.63) is 472 Å². The van der Waals surface area contributed by atoms with Gasteiger partial charge in [0.05, 0.1) is 86.9 Å². The van der Waals surface area contributed by atoms with Crippen LogP contribution in [-0.2, 0) is 64.2 Å². The fourth-order valence-corrected chi connectivity index (χ4v) is 17.3. The third-order valence-electron chi connectivity index (χ3n) is 26.8. The van der Waals surface area contributed by atoms with Gasteiger partial charge in [0.15, 0.2) is 0 Å². The zero-order valence-corrected chi connectivity index (χ0v) is 89.8. The Balaban J connectivity index is 0.000000163. The predicted octanol–water partition coefficient (Wildman–Crippen LogP) is 34.4. The molecule has 0 saturated carbocycles. The van der Waals surface area contributed by atoms with Gasteiger partial charge in [-0.25, -0.2) is 25.0 Å². The first-order valence-corrected chi connectivity index (χ1v) is 53.2. The minimum atomic E-state index is 0.990. The van der Waals surface area contributed by atoms with Crippen LogP contribution < -0.4 is 39.7 Å². The van der Waals surface area contributed by atoms with Crippen LogP contribution in [0, 0.1) is 0 Å². The van der Waals surface area contributed by atoms with Crippen molar-refractivity contribution >= 4 is 115 Å². The van der Waals surface area contributed by atoms with Gasteiger partial charge in [-0.3, -0.25) is 0 Å². The second-order valence-corrected chi connectivity index (χ2v) is 36.0. The molecule has 16 rings (SSSR count). The molecule has 0 aliphatic carbocycles. The molecule has 0 aliphatic rings. The highest BCUT2D eigenvalue weighted by Gasteiger charge is 2.19. The summed E-state index contributed by atoms with van der Waals surface area (Å²) in [6, 6.07) is 137. The predicted molar refractivity (Wildman–Crippen MR) is 636 cm³/mol. The van der Waals surface area contributed by atoms with Gasteiger partial charge in [-0.15, -0.1) is 0 Å². The average molecular weight is 1930 g/mol. The molecule has 13 heteroatoms. The smallest absolute Gasteiger partial charge is 0.0731 e. The van der Waals surface area contributed by atoms with E-state index in [0.29, 0.717) is 0 Å². The first-order valence-electron chi connectivity index (χ1n) is 53.2. The van der Waals surface area contributed by atoms with E-state index < -0.39 is 0 Å². The van der Waals surface area contributed by atoms with Crippen LogP contribution in [0.1, 0.15) is 208 Å². The van der Waals surface area contributed by atoms with Crippen molar-refractivity contribution in [1.82, 2.24) is 0 Å². The van der Waals surface area contributed by atoms with Gasteiger partial charge in [-0.05, 0) is 360 Å². The number of aryl methyl sites for hydroxylation is 10. The molecule has 0 bridgehead atoms. The fraction of sp³-hybridized carbons (Fsp3) is 0.256. The van der Waals surface area contributed by atoms with E-state index in [9.17, 15) is 0 Å². The van der Waals surface area contributed by atoms with E-state index in [1.807, 2.05) is 75.1 Å². The molecule has 13 nitrogen and oxygen atoms in total. The number of nitrogens with zero attached hydrogens (tertiary/aromatic N) is 13. The normalized spacial score (nSPS) is 11.2. The van der Waals surface area contributed by atoms with Crippen molar-refractivity contribution in [3.63, 3.8) is 0 Å². The Kier molecular flexibility index (Phi) is 43.2. The molecule has 0 spiro atoms. The summed E-state index contributed by atoms with van der Waals surface area (Å²) in [5, 5.41) is 37.3. The lowest BCUT2D eigenvalue weighted by molar-refractivity contribution is 0.866. The molecule has 0 aliphatic heterocycles. The number of hydrogen-bond acceptors (Lipinski definition) is 13. The van der Waals surface area contributed by atoms with Crippen LogP contribution in [0.5, 0.6) is 0 Å². The molecule has 0 fully saturated rings. The fourth-order valence-electron chi connectivity index (χ4n) is 17.3. The van der Waals surface area contributed by atoms with E-state index in [2.05, 4.69) is 496 Å². The Labute approximate surface area is 874 Å². The standard InChI is InChI=1S/C31H35N3.C28H35N3.C27H33N3.C24H26N2.C23H24N2/c1-5-24-13-20-28(21-14-24)34(31-22-17-26(6-2)29-11-9-10-12-30(29)31)32-23-25-15-18-27(19-16-25)33(7-3)8-4;1-6-23-10-16-27(17-11-23)31(28-18-12-24(7-2)13-19-28)29-22(5)25-14-20-26(21-15-25)30(8-3)9-4;1-5-22-9-17-26(18-10-22)30(27-19-11-23(6-2)12-20-27)28-21-24-13-15-25(16-14-24)29(7-3)8-4;1-4-20-11-15-23(16-12-20)26(24-17-13-21(5-2)14-18-24)25-19(3)22-9-7-6-8-10-22;1-3-19-10-14-22(15-11-19)25(23-16-12-20(4-2)13-17-23)24-18-21-8-6-5-7-9-21/h9-23H,5-8H2,1-4H3;10-21H,6-9H2,1-5H3;9-21H,5-8H2,1-4H3;6-18H,4-5H2,1-3H3;5-18H,3-4H2,1-2H3/b32-23+;29-22+;28-21+;25-19+;24-18+. The van der Waals surface area contributed by atoms with Crippen LogP contribution in [0.3, 0.4) is 0 Å². The van der Waals surface area contributed by atoms with Gasteiger partial charge in [0, 0.05) is 61.7 Å². The van der Waals surface area contributed by atoms with Crippen molar-refractivity contribution in [2.45, 2.75) is 189 Å². The summed E-state index contributed by atoms with van der Waals surface area (Å²) in [5.41, 5.74) is 35.3. The molecule has 0 heterocycles. The molecule has 0 unspecified atom stereocenters. The lowest BCUT2D eigenvalue weighted by Gasteiger charge is -2.23. The summed E-state index contributed by atoms with van der Waals surface area (Å²) in [4.78, 5) is 7.05. The van der Waals surface area contributed by atoms with Crippen LogP contribution in [0.2, 0.25) is 0 Å². The summed E-state index contributed by atoms with van der Waals surface area (Å²) < 4.78 is 0. The first-order chi connectivity index (χ1) is 71.4. The lowest BCUT2D eigenvalue weighted by Crippen LogP contribution is -2.21. The summed E-state index contributed by atoms with van der Waals surface area (Å²) in [7, 11) is 0. The second kappa shape index (κ2) is 57.7. The van der Waals surface area contributed by atoms with Crippen LogP contribution in [0.4, 0.5) is 73.9 Å². The Bertz CT molecular complexity index is 6490. The summed E-state index contributed by atoms with van der Waals surface area (Å²) in [5.74, 6) is 0. The number of benzene rings is 16. The summed E-state index contributed by atoms with van der Waals surface area (Å²) in [6.07, 6.45) is 16.1. The van der Waals surface area contributed by atoms with Crippen LogP contribution in [0.15, 0.2) is 414 Å². The van der Waals surface area contributed by atoms with Crippen molar-refractivity contribution in [2.24, 2.45) is 25.5 Å². The summed E-state index contributed by atoms with van der Waals surface area (Å²) >= 11 is 0. The molecule has 0 N–H and O–H groups in total. The molecule has 0 amide bonds. The van der Waals surface area contributed by atoms with Crippen molar-refractivity contribution in [3.8, 4) is 0 Å². The molecule has 16 aromatic carbocycles. The lowest BCUT2D eigenvalue weighted by atomic mass is 10.0. The van der Waals surface area contributed by atoms with Gasteiger partial charge in [-0.2, -0.15) is 25.5 Å². The number of hydrazone groups is 5. The van der Waals surface area contributed by atoms with Gasteiger partial charge in [0.25, 0.3) is 0 Å². The first kappa shape index (κ1) is 109. The molecule has 0 atom stereocenters. The van der Waals surface area contributed by atoms with E-state index in [4.69, 9.17) is 25.5 Å². The van der Waals surface area contributed by atoms with Crippen molar-refractivity contribution in [2.75, 3.05) is 79.0 Å². The van der Waals surface area contributed by atoms with Crippen LogP contribution in [0.25, 0.3) is 10.8 Å². The summed E-state index contributed by atoms with van der Waals surface area (Å²) in [6.45, 7) is 45.1. The largest absolute Gasteiger partial charge is 0.372 e. The Morgan fingerprint density at radius 3 is 0.658 bits per heavy atom. The highest BCUT2D eigenvalue weighted by molar-refractivity contribution is 6.01. The maximum Gasteiger partial charge on any atom is 0.0731 e. The maximum absolute atomic E-state index is 5.05. The third kappa shape index (κ3) is 31.0. The molecule has 0 saturated heterocycles. The molecule has 146 heavy (non-hydrogen) atoms.